The van der Waals surface area contributed by atoms with Gasteiger partial charge in [-0.3, -0.25) is 4.79 Å². The molecule has 5 heteroatoms. The summed E-state index contributed by atoms with van der Waals surface area (Å²) in [4.78, 5) is 12.0. The zero-order chi connectivity index (χ0) is 13.7. The van der Waals surface area contributed by atoms with Crippen LogP contribution >= 0.6 is 12.4 Å². The van der Waals surface area contributed by atoms with Gasteiger partial charge in [-0.25, -0.2) is 4.39 Å². The summed E-state index contributed by atoms with van der Waals surface area (Å²) in [7, 11) is 0. The molecule has 20 heavy (non-hydrogen) atoms. The molecule has 112 valence electrons. The summed E-state index contributed by atoms with van der Waals surface area (Å²) in [6.45, 7) is 3.49. The summed E-state index contributed by atoms with van der Waals surface area (Å²) in [5, 5.41) is 6.24. The lowest BCUT2D eigenvalue weighted by atomic mass is 9.92. The second-order valence-corrected chi connectivity index (χ2v) is 5.21. The third kappa shape index (κ3) is 4.76. The largest absolute Gasteiger partial charge is 0.356 e. The van der Waals surface area contributed by atoms with Crippen LogP contribution in [0.5, 0.6) is 0 Å². The highest BCUT2D eigenvalue weighted by molar-refractivity contribution is 5.85. The molecule has 2 atom stereocenters. The first-order valence-corrected chi connectivity index (χ1v) is 6.91. The van der Waals surface area contributed by atoms with Crippen LogP contribution in [0.3, 0.4) is 0 Å². The van der Waals surface area contributed by atoms with Crippen LogP contribution in [0.25, 0.3) is 0 Å². The Morgan fingerprint density at radius 3 is 2.90 bits per heavy atom. The summed E-state index contributed by atoms with van der Waals surface area (Å²) in [6, 6.07) is 7.10. The van der Waals surface area contributed by atoms with E-state index in [0.717, 1.165) is 19.4 Å². The van der Waals surface area contributed by atoms with E-state index in [4.69, 9.17) is 0 Å². The van der Waals surface area contributed by atoms with Gasteiger partial charge in [-0.15, -0.1) is 12.4 Å². The van der Waals surface area contributed by atoms with E-state index in [1.54, 1.807) is 12.1 Å². The van der Waals surface area contributed by atoms with Crippen LogP contribution in [-0.2, 0) is 11.2 Å². The number of benzene rings is 1. The Labute approximate surface area is 125 Å². The number of carbonyl (C=O) groups is 1. The molecular formula is C15H22ClFN2O. The van der Waals surface area contributed by atoms with Crippen LogP contribution in [-0.4, -0.2) is 25.0 Å². The van der Waals surface area contributed by atoms with E-state index in [1.165, 1.54) is 6.07 Å². The lowest BCUT2D eigenvalue weighted by Gasteiger charge is -2.27. The number of rotatable bonds is 4. The number of nitrogens with one attached hydrogen (secondary N) is 2. The van der Waals surface area contributed by atoms with Gasteiger partial charge in [0.15, 0.2) is 0 Å². The molecule has 0 saturated carbocycles. The number of carbonyl (C=O) groups excluding carboxylic acids is 1. The van der Waals surface area contributed by atoms with Crippen molar-refractivity contribution in [1.82, 2.24) is 10.6 Å². The fourth-order valence-corrected chi connectivity index (χ4v) is 2.54. The summed E-state index contributed by atoms with van der Waals surface area (Å²) in [5.41, 5.74) is 0.654. The molecule has 0 bridgehead atoms. The van der Waals surface area contributed by atoms with Gasteiger partial charge in [0.25, 0.3) is 0 Å². The van der Waals surface area contributed by atoms with Crippen LogP contribution in [0.15, 0.2) is 24.3 Å². The highest BCUT2D eigenvalue weighted by Gasteiger charge is 2.24. The van der Waals surface area contributed by atoms with E-state index in [0.29, 0.717) is 24.6 Å². The summed E-state index contributed by atoms with van der Waals surface area (Å²) in [5.74, 6) is -0.00574. The van der Waals surface area contributed by atoms with Crippen LogP contribution in [0.4, 0.5) is 4.39 Å². The Hall–Kier alpha value is -1.13. The Morgan fingerprint density at radius 1 is 1.45 bits per heavy atom. The van der Waals surface area contributed by atoms with Gasteiger partial charge >= 0.3 is 0 Å². The third-order valence-electron chi connectivity index (χ3n) is 3.65. The Balaban J connectivity index is 0.00000200. The molecule has 1 aliphatic rings. The number of piperidine rings is 1. The van der Waals surface area contributed by atoms with Crippen molar-refractivity contribution in [2.45, 2.75) is 32.2 Å². The van der Waals surface area contributed by atoms with Gasteiger partial charge in [-0.1, -0.05) is 18.2 Å². The molecule has 0 unspecified atom stereocenters. The van der Waals surface area contributed by atoms with Gasteiger partial charge in [0.2, 0.25) is 5.91 Å². The predicted molar refractivity (Wildman–Crippen MR) is 80.6 cm³/mol. The van der Waals surface area contributed by atoms with E-state index in [2.05, 4.69) is 17.6 Å². The minimum absolute atomic E-state index is 0. The fourth-order valence-electron chi connectivity index (χ4n) is 2.54. The van der Waals surface area contributed by atoms with Crippen molar-refractivity contribution in [1.29, 1.82) is 0 Å². The molecule has 1 aromatic carbocycles. The van der Waals surface area contributed by atoms with Crippen molar-refractivity contribution >= 4 is 18.3 Å². The maximum absolute atomic E-state index is 13.4. The van der Waals surface area contributed by atoms with Crippen molar-refractivity contribution in [3.8, 4) is 0 Å². The summed E-state index contributed by atoms with van der Waals surface area (Å²) >= 11 is 0. The molecule has 0 aliphatic carbocycles. The first kappa shape index (κ1) is 16.9. The molecule has 2 rings (SSSR count). The molecule has 3 nitrogen and oxygen atoms in total. The molecule has 2 N–H and O–H groups in total. The first-order chi connectivity index (χ1) is 9.16. The fraction of sp³-hybridized carbons (Fsp3) is 0.533. The van der Waals surface area contributed by atoms with Crippen LogP contribution in [0, 0.1) is 11.7 Å². The predicted octanol–water partition coefficient (Wildman–Crippen LogP) is 2.29. The van der Waals surface area contributed by atoms with Crippen molar-refractivity contribution in [3.05, 3.63) is 35.6 Å². The summed E-state index contributed by atoms with van der Waals surface area (Å²) < 4.78 is 13.4. The minimum Gasteiger partial charge on any atom is -0.356 e. The van der Waals surface area contributed by atoms with E-state index >= 15 is 0 Å². The molecule has 1 heterocycles. The number of hydrogen-bond donors (Lipinski definition) is 2. The van der Waals surface area contributed by atoms with Crippen LogP contribution in [0.2, 0.25) is 0 Å². The molecule has 1 saturated heterocycles. The maximum atomic E-state index is 13.4. The van der Waals surface area contributed by atoms with Gasteiger partial charge in [-0.2, -0.15) is 0 Å². The van der Waals surface area contributed by atoms with Gasteiger partial charge in [0.1, 0.15) is 5.82 Å². The van der Waals surface area contributed by atoms with E-state index in [9.17, 15) is 9.18 Å². The topological polar surface area (TPSA) is 41.1 Å². The maximum Gasteiger partial charge on any atom is 0.223 e. The van der Waals surface area contributed by atoms with Crippen molar-refractivity contribution in [2.75, 3.05) is 13.1 Å². The Morgan fingerprint density at radius 2 is 2.20 bits per heavy atom. The van der Waals surface area contributed by atoms with Crippen molar-refractivity contribution in [3.63, 3.8) is 0 Å². The normalized spacial score (nSPS) is 21.9. The minimum atomic E-state index is -0.202. The van der Waals surface area contributed by atoms with Gasteiger partial charge in [0.05, 0.1) is 0 Å². The molecule has 0 radical (unpaired) electrons. The van der Waals surface area contributed by atoms with Crippen molar-refractivity contribution in [2.24, 2.45) is 5.92 Å². The van der Waals surface area contributed by atoms with E-state index < -0.39 is 0 Å². The number of halogens is 2. The second kappa shape index (κ2) is 8.22. The average molecular weight is 301 g/mol. The second-order valence-electron chi connectivity index (χ2n) is 5.21. The number of hydrogen-bond acceptors (Lipinski definition) is 2. The Kier molecular flexibility index (Phi) is 6.96. The average Bonchev–Trinajstić information content (AvgIpc) is 2.41. The van der Waals surface area contributed by atoms with Crippen LogP contribution < -0.4 is 10.6 Å². The van der Waals surface area contributed by atoms with Crippen LogP contribution in [0.1, 0.15) is 25.3 Å². The summed E-state index contributed by atoms with van der Waals surface area (Å²) in [6.07, 6.45) is 2.31. The molecular weight excluding hydrogens is 279 g/mol. The first-order valence-electron chi connectivity index (χ1n) is 6.91. The number of amides is 1. The standard InChI is InChI=1S/C15H21FN2O.ClH/c1-11-10-13(7-8-17-11)15(19)18-9-6-12-4-2-3-5-14(12)16;/h2-5,11,13,17H,6-10H2,1H3,(H,18,19);1H/t11-,13-;/m0./s1. The zero-order valence-corrected chi connectivity index (χ0v) is 12.5. The molecule has 1 aromatic rings. The zero-order valence-electron chi connectivity index (χ0n) is 11.7. The quantitative estimate of drug-likeness (QED) is 0.896. The van der Waals surface area contributed by atoms with E-state index in [1.807, 2.05) is 6.07 Å². The van der Waals surface area contributed by atoms with E-state index in [-0.39, 0.29) is 30.0 Å². The lowest BCUT2D eigenvalue weighted by molar-refractivity contribution is -0.126. The van der Waals surface area contributed by atoms with Gasteiger partial charge in [-0.05, 0) is 44.4 Å². The highest BCUT2D eigenvalue weighted by Crippen LogP contribution is 2.16. The monoisotopic (exact) mass is 300 g/mol. The third-order valence-corrected chi connectivity index (χ3v) is 3.65. The SMILES string of the molecule is C[C@H]1C[C@@H](C(=O)NCCc2ccccc2F)CCN1.Cl. The van der Waals surface area contributed by atoms with Gasteiger partial charge in [0, 0.05) is 18.5 Å². The Bertz CT molecular complexity index is 442. The molecule has 1 fully saturated rings. The lowest BCUT2D eigenvalue weighted by Crippen LogP contribution is -2.42. The molecule has 1 amide bonds. The van der Waals surface area contributed by atoms with Gasteiger partial charge < -0.3 is 10.6 Å². The molecule has 0 spiro atoms. The molecule has 0 aromatic heterocycles. The molecule has 1 aliphatic heterocycles. The smallest absolute Gasteiger partial charge is 0.223 e. The van der Waals surface area contributed by atoms with Crippen molar-refractivity contribution < 1.29 is 9.18 Å². The highest BCUT2D eigenvalue weighted by atomic mass is 35.5.